The zero-order valence-electron chi connectivity index (χ0n) is 15.6. The molecule has 1 aliphatic heterocycles. The van der Waals surface area contributed by atoms with Gasteiger partial charge in [0, 0.05) is 18.1 Å². The van der Waals surface area contributed by atoms with Crippen LogP contribution in [0.2, 0.25) is 5.02 Å². The number of benzene rings is 1. The van der Waals surface area contributed by atoms with Crippen molar-refractivity contribution in [1.82, 2.24) is 5.32 Å². The first-order valence-corrected chi connectivity index (χ1v) is 9.98. The van der Waals surface area contributed by atoms with Gasteiger partial charge in [0.25, 0.3) is 6.09 Å². The van der Waals surface area contributed by atoms with Gasteiger partial charge in [-0.2, -0.15) is 0 Å². The quantitative estimate of drug-likeness (QED) is 0.761. The third-order valence-electron chi connectivity index (χ3n) is 6.22. The molecule has 0 radical (unpaired) electrons. The lowest BCUT2D eigenvalue weighted by atomic mass is 9.69. The monoisotopic (exact) mass is 394 g/mol. The molecule has 0 bridgehead atoms. The first-order valence-electron chi connectivity index (χ1n) is 9.60. The first kappa shape index (κ1) is 20.3. The largest absolute Gasteiger partial charge is 0.498 e. The summed E-state index contributed by atoms with van der Waals surface area (Å²) in [4.78, 5) is 25.7. The van der Waals surface area contributed by atoms with Gasteiger partial charge in [0.15, 0.2) is 0 Å². The van der Waals surface area contributed by atoms with E-state index >= 15 is 0 Å². The number of nitrogens with zero attached hydrogens (tertiary/aromatic N) is 1. The number of quaternary nitrogens is 1. The van der Waals surface area contributed by atoms with Crippen molar-refractivity contribution in [3.63, 3.8) is 0 Å². The van der Waals surface area contributed by atoms with Gasteiger partial charge in [0.2, 0.25) is 0 Å². The van der Waals surface area contributed by atoms with Crippen LogP contribution in [0.25, 0.3) is 0 Å². The Balaban J connectivity index is 2.06. The molecule has 1 aromatic carbocycles. The number of aliphatic hydroxyl groups is 1. The molecule has 2 amide bonds. The highest BCUT2D eigenvalue weighted by Crippen LogP contribution is 2.44. The number of hydrogen-bond acceptors (Lipinski definition) is 5. The van der Waals surface area contributed by atoms with E-state index in [1.165, 1.54) is 0 Å². The fraction of sp³-hybridized carbons (Fsp3) is 0.600. The fourth-order valence-corrected chi connectivity index (χ4v) is 4.63. The smallest absolute Gasteiger partial charge is 0.330 e. The molecule has 1 heterocycles. The van der Waals surface area contributed by atoms with Crippen molar-refractivity contribution in [3.05, 3.63) is 34.9 Å². The molecule has 1 unspecified atom stereocenters. The molecule has 6 nitrogen and oxygen atoms in total. The van der Waals surface area contributed by atoms with E-state index in [1.54, 1.807) is 24.3 Å². The summed E-state index contributed by atoms with van der Waals surface area (Å²) in [6.45, 7) is 3.19. The Morgan fingerprint density at radius 1 is 1.30 bits per heavy atom. The van der Waals surface area contributed by atoms with Gasteiger partial charge in [-0.05, 0) is 49.3 Å². The van der Waals surface area contributed by atoms with Crippen molar-refractivity contribution < 1.29 is 24.3 Å². The summed E-state index contributed by atoms with van der Waals surface area (Å²) in [6, 6.07) is 6.84. The van der Waals surface area contributed by atoms with Gasteiger partial charge in [-0.3, -0.25) is 0 Å². The molecule has 27 heavy (non-hydrogen) atoms. The molecule has 7 heteroatoms. The third-order valence-corrected chi connectivity index (χ3v) is 6.45. The minimum Gasteiger partial charge on any atom is -0.498 e. The van der Waals surface area contributed by atoms with Gasteiger partial charge < -0.3 is 20.3 Å². The second kappa shape index (κ2) is 7.87. The lowest BCUT2D eigenvalue weighted by molar-refractivity contribution is -0.808. The summed E-state index contributed by atoms with van der Waals surface area (Å²) < 4.78 is -0.762. The van der Waals surface area contributed by atoms with Crippen molar-refractivity contribution in [1.29, 1.82) is 0 Å². The highest BCUT2D eigenvalue weighted by Gasteiger charge is 2.53. The Morgan fingerprint density at radius 3 is 2.48 bits per heavy atom. The van der Waals surface area contributed by atoms with Crippen LogP contribution in [0.5, 0.6) is 0 Å². The van der Waals surface area contributed by atoms with E-state index in [0.717, 1.165) is 12.8 Å². The van der Waals surface area contributed by atoms with Crippen LogP contribution in [-0.2, 0) is 4.79 Å². The van der Waals surface area contributed by atoms with Crippen molar-refractivity contribution in [2.45, 2.75) is 44.1 Å². The maximum absolute atomic E-state index is 13.7. The van der Waals surface area contributed by atoms with Crippen molar-refractivity contribution in [2.75, 3.05) is 26.2 Å². The number of imide groups is 1. The molecule has 1 aliphatic carbocycles. The van der Waals surface area contributed by atoms with Crippen LogP contribution in [0.1, 0.15) is 44.1 Å². The number of halogens is 1. The fourth-order valence-electron chi connectivity index (χ4n) is 4.44. The first-order chi connectivity index (χ1) is 12.8. The SMILES string of the molecule is CC1CCC(O)(C(C(=O)[N+]2(C(=O)[O-])CCNCC2)c2cccc(Cl)c2)CC1. The number of rotatable bonds is 3. The van der Waals surface area contributed by atoms with Gasteiger partial charge >= 0.3 is 5.91 Å². The van der Waals surface area contributed by atoms with Crippen LogP contribution in [0.4, 0.5) is 4.79 Å². The van der Waals surface area contributed by atoms with Crippen LogP contribution in [-0.4, -0.2) is 53.4 Å². The van der Waals surface area contributed by atoms with Crippen LogP contribution in [0.3, 0.4) is 0 Å². The minimum atomic E-state index is -1.40. The number of hydrogen-bond donors (Lipinski definition) is 2. The summed E-state index contributed by atoms with van der Waals surface area (Å²) in [5.41, 5.74) is -0.707. The van der Waals surface area contributed by atoms with E-state index in [9.17, 15) is 19.8 Å². The number of carbonyl (C=O) groups excluding carboxylic acids is 2. The topological polar surface area (TPSA) is 89.5 Å². The molecule has 2 N–H and O–H groups in total. The van der Waals surface area contributed by atoms with Gasteiger partial charge in [-0.1, -0.05) is 30.7 Å². The summed E-state index contributed by atoms with van der Waals surface area (Å²) in [5.74, 6) is -0.973. The zero-order valence-corrected chi connectivity index (χ0v) is 16.4. The number of carbonyl (C=O) groups is 2. The molecule has 2 aliphatic rings. The normalized spacial score (nSPS) is 29.1. The molecule has 148 valence electrons. The highest BCUT2D eigenvalue weighted by molar-refractivity contribution is 6.30. The molecule has 2 fully saturated rings. The van der Waals surface area contributed by atoms with Crippen LogP contribution < -0.4 is 10.4 Å². The average molecular weight is 395 g/mol. The summed E-state index contributed by atoms with van der Waals surface area (Å²) >= 11 is 6.15. The molecule has 0 aromatic heterocycles. The van der Waals surface area contributed by atoms with Gasteiger partial charge in [-0.25, -0.2) is 9.28 Å². The lowest BCUT2D eigenvalue weighted by Gasteiger charge is -2.45. The molecule has 1 atom stereocenters. The van der Waals surface area contributed by atoms with E-state index in [1.807, 2.05) is 0 Å². The lowest BCUT2D eigenvalue weighted by Crippen LogP contribution is -2.70. The predicted octanol–water partition coefficient (Wildman–Crippen LogP) is 1.65. The third kappa shape index (κ3) is 3.90. The molecular formula is C20H27ClN2O4. The van der Waals surface area contributed by atoms with Crippen molar-refractivity contribution in [2.24, 2.45) is 5.92 Å². The Bertz CT molecular complexity index is 710. The Labute approximate surface area is 164 Å². The molecule has 1 saturated heterocycles. The van der Waals surface area contributed by atoms with E-state index in [0.29, 0.717) is 42.4 Å². The summed E-state index contributed by atoms with van der Waals surface area (Å²) in [6.07, 6.45) is 1.12. The van der Waals surface area contributed by atoms with Gasteiger partial charge in [-0.15, -0.1) is 0 Å². The zero-order chi connectivity index (χ0) is 19.7. The number of carboxylic acid groups (broad SMARTS) is 1. The number of piperazine rings is 1. The second-order valence-electron chi connectivity index (χ2n) is 8.04. The molecule has 1 aromatic rings. The summed E-state index contributed by atoms with van der Waals surface area (Å²) in [7, 11) is 0. The minimum absolute atomic E-state index is 0.116. The van der Waals surface area contributed by atoms with Crippen molar-refractivity contribution in [3.8, 4) is 0 Å². The molecule has 1 saturated carbocycles. The standard InChI is InChI=1S/C20H27ClN2O4/c1-14-5-7-20(27,8-6-14)17(15-3-2-4-16(21)13-15)18(24)23(19(25)26)11-9-22-10-12-23/h2-4,13-14,17,22,27H,5-12H2,1H3. The van der Waals surface area contributed by atoms with E-state index in [-0.39, 0.29) is 13.1 Å². The van der Waals surface area contributed by atoms with Crippen molar-refractivity contribution >= 4 is 23.6 Å². The average Bonchev–Trinajstić information content (AvgIpc) is 2.65. The Morgan fingerprint density at radius 2 is 1.93 bits per heavy atom. The number of amides is 2. The van der Waals surface area contributed by atoms with Crippen LogP contribution in [0, 0.1) is 5.92 Å². The van der Waals surface area contributed by atoms with E-state index in [2.05, 4.69) is 12.2 Å². The second-order valence-corrected chi connectivity index (χ2v) is 8.48. The highest BCUT2D eigenvalue weighted by atomic mass is 35.5. The van der Waals surface area contributed by atoms with Crippen LogP contribution in [0.15, 0.2) is 24.3 Å². The van der Waals surface area contributed by atoms with Gasteiger partial charge in [0.05, 0.1) is 5.60 Å². The van der Waals surface area contributed by atoms with E-state index < -0.39 is 28.0 Å². The predicted molar refractivity (Wildman–Crippen MR) is 100 cm³/mol. The van der Waals surface area contributed by atoms with Gasteiger partial charge in [0.1, 0.15) is 19.0 Å². The van der Waals surface area contributed by atoms with Crippen LogP contribution >= 0.6 is 11.6 Å². The Kier molecular flexibility index (Phi) is 5.91. The molecule has 3 rings (SSSR count). The maximum Gasteiger partial charge on any atom is 0.330 e. The Hall–Kier alpha value is -1.47. The molecule has 0 spiro atoms. The maximum atomic E-state index is 13.7. The summed E-state index contributed by atoms with van der Waals surface area (Å²) in [5, 5.41) is 27.1. The van der Waals surface area contributed by atoms with E-state index in [4.69, 9.17) is 11.6 Å². The molecular weight excluding hydrogens is 368 g/mol. The number of nitrogens with one attached hydrogen (secondary N) is 1.